The highest BCUT2D eigenvalue weighted by Crippen LogP contribution is 2.43. The van der Waals surface area contributed by atoms with Gasteiger partial charge in [-0.15, -0.1) is 0 Å². The zero-order valence-corrected chi connectivity index (χ0v) is 31.7. The van der Waals surface area contributed by atoms with Crippen LogP contribution in [0.15, 0.2) is 59.5 Å². The number of nitrogens with zero attached hydrogens (tertiary/aromatic N) is 5. The van der Waals surface area contributed by atoms with Gasteiger partial charge in [-0.3, -0.25) is 14.2 Å². The van der Waals surface area contributed by atoms with Crippen molar-refractivity contribution in [3.05, 3.63) is 91.5 Å². The first-order valence-electron chi connectivity index (χ1n) is 16.7. The summed E-state index contributed by atoms with van der Waals surface area (Å²) in [7, 11) is 3.07. The lowest BCUT2D eigenvalue weighted by Crippen LogP contribution is -2.41. The molecule has 16 heteroatoms. The van der Waals surface area contributed by atoms with Crippen molar-refractivity contribution in [2.45, 2.75) is 51.4 Å². The van der Waals surface area contributed by atoms with E-state index in [1.165, 1.54) is 21.1 Å². The van der Waals surface area contributed by atoms with Gasteiger partial charge in [0.1, 0.15) is 11.3 Å². The zero-order valence-electron chi connectivity index (χ0n) is 29.4. The predicted octanol–water partition coefficient (Wildman–Crippen LogP) is 6.02. The van der Waals surface area contributed by atoms with Gasteiger partial charge in [0, 0.05) is 66.6 Å². The minimum atomic E-state index is -1.17. The molecule has 6 rings (SSSR count). The van der Waals surface area contributed by atoms with E-state index in [2.05, 4.69) is 20.7 Å². The second-order valence-corrected chi connectivity index (χ2v) is 14.7. The highest BCUT2D eigenvalue weighted by atomic mass is 35.5. The summed E-state index contributed by atoms with van der Waals surface area (Å²) in [6, 6.07) is 14.0. The molecule has 1 unspecified atom stereocenters. The fourth-order valence-electron chi connectivity index (χ4n) is 6.31. The molecule has 0 spiro atoms. The van der Waals surface area contributed by atoms with Crippen LogP contribution >= 0.6 is 34.8 Å². The molecule has 1 atom stereocenters. The maximum atomic E-state index is 13.3. The van der Waals surface area contributed by atoms with Gasteiger partial charge >= 0.3 is 6.09 Å². The number of halogens is 3. The Morgan fingerprint density at radius 3 is 2.36 bits per heavy atom. The van der Waals surface area contributed by atoms with Crippen molar-refractivity contribution >= 4 is 52.3 Å². The third-order valence-corrected chi connectivity index (χ3v) is 10.2. The van der Waals surface area contributed by atoms with Crippen LogP contribution in [0.4, 0.5) is 4.79 Å². The van der Waals surface area contributed by atoms with E-state index >= 15 is 0 Å². The first kappa shape index (κ1) is 38.1. The van der Waals surface area contributed by atoms with Gasteiger partial charge in [-0.25, -0.2) is 14.3 Å². The van der Waals surface area contributed by atoms with Crippen LogP contribution in [0.3, 0.4) is 0 Å². The molecule has 1 fully saturated rings. The van der Waals surface area contributed by atoms with Crippen molar-refractivity contribution in [3.63, 3.8) is 0 Å². The third kappa shape index (κ3) is 8.14. The van der Waals surface area contributed by atoms with Crippen molar-refractivity contribution in [1.82, 2.24) is 34.7 Å². The van der Waals surface area contributed by atoms with E-state index < -0.39 is 11.7 Å². The number of aliphatic hydroxyl groups is 1. The van der Waals surface area contributed by atoms with E-state index in [0.717, 1.165) is 0 Å². The first-order chi connectivity index (χ1) is 25.1. The predicted molar refractivity (Wildman–Crippen MR) is 204 cm³/mol. The molecule has 1 saturated heterocycles. The average Bonchev–Trinajstić information content (AvgIpc) is 3.72. The van der Waals surface area contributed by atoms with Gasteiger partial charge < -0.3 is 30.5 Å². The molecule has 53 heavy (non-hydrogen) atoms. The van der Waals surface area contributed by atoms with Gasteiger partial charge in [0.05, 0.1) is 52.1 Å². The Balaban J connectivity index is 1.32. The number of carbonyl (C=O) groups excluding carboxylic acids is 1. The van der Waals surface area contributed by atoms with Crippen molar-refractivity contribution in [2.75, 3.05) is 20.2 Å². The maximum Gasteiger partial charge on any atom is 0.407 e. The lowest BCUT2D eigenvalue weighted by atomic mass is 9.97. The molecule has 2 amide bonds. The maximum absolute atomic E-state index is 13.3. The number of hydrogen-bond acceptors (Lipinski definition) is 8. The number of methoxy groups -OCH3 is 1. The zero-order chi connectivity index (χ0) is 38.2. The second kappa shape index (κ2) is 15.4. The van der Waals surface area contributed by atoms with Crippen LogP contribution in [0, 0.1) is 0 Å². The molecule has 0 aliphatic carbocycles. The van der Waals surface area contributed by atoms with Crippen LogP contribution < -0.4 is 20.9 Å². The molecule has 0 bridgehead atoms. The Morgan fingerprint density at radius 1 is 1.08 bits per heavy atom. The van der Waals surface area contributed by atoms with E-state index in [4.69, 9.17) is 39.5 Å². The van der Waals surface area contributed by atoms with Gasteiger partial charge in [-0.2, -0.15) is 5.10 Å². The number of hydrogen-bond donors (Lipinski definition) is 4. The fraction of sp³-hybridized carbons (Fsp3) is 0.324. The third-order valence-electron chi connectivity index (χ3n) is 9.02. The highest BCUT2D eigenvalue weighted by molar-refractivity contribution is 6.39. The van der Waals surface area contributed by atoms with Crippen LogP contribution in [-0.4, -0.2) is 78.1 Å². The monoisotopic (exact) mass is 781 g/mol. The Kier molecular flexibility index (Phi) is 11.0. The van der Waals surface area contributed by atoms with Crippen LogP contribution in [0.1, 0.15) is 38.1 Å². The molecule has 2 aromatic carbocycles. The Labute approximate surface area is 320 Å². The van der Waals surface area contributed by atoms with E-state index in [1.807, 2.05) is 30.3 Å². The number of fused-ring (bicyclic) bond motifs is 1. The van der Waals surface area contributed by atoms with Crippen molar-refractivity contribution < 1.29 is 24.5 Å². The largest absolute Gasteiger partial charge is 0.481 e. The number of pyridine rings is 1. The number of rotatable bonds is 12. The minimum absolute atomic E-state index is 0.0885. The summed E-state index contributed by atoms with van der Waals surface area (Å²) >= 11 is 20.9. The van der Waals surface area contributed by atoms with Gasteiger partial charge in [-0.05, 0) is 32.4 Å². The van der Waals surface area contributed by atoms with Crippen LogP contribution in [0.5, 0.6) is 5.88 Å². The molecular formula is C37H38Cl3N7O6. The molecule has 1 aliphatic rings. The lowest BCUT2D eigenvalue weighted by Gasteiger charge is -2.24. The number of carboxylic acid groups (broad SMARTS) is 1. The molecule has 4 heterocycles. The lowest BCUT2D eigenvalue weighted by molar-refractivity contribution is -0.119. The smallest absolute Gasteiger partial charge is 0.407 e. The molecule has 278 valence electrons. The molecule has 3 aromatic heterocycles. The number of benzene rings is 2. The summed E-state index contributed by atoms with van der Waals surface area (Å²) in [5.41, 5.74) is 3.10. The van der Waals surface area contributed by atoms with Crippen molar-refractivity contribution in [3.8, 4) is 39.4 Å². The topological polar surface area (TPSA) is 163 Å². The molecule has 5 aromatic rings. The number of aromatic nitrogens is 4. The summed E-state index contributed by atoms with van der Waals surface area (Å²) in [6.45, 7) is 3.96. The number of amides is 2. The molecule has 13 nitrogen and oxygen atoms in total. The Hall–Kier alpha value is -4.66. The second-order valence-electron chi connectivity index (χ2n) is 13.5. The van der Waals surface area contributed by atoms with Crippen molar-refractivity contribution in [1.29, 1.82) is 0 Å². The van der Waals surface area contributed by atoms with E-state index in [9.17, 15) is 24.6 Å². The summed E-state index contributed by atoms with van der Waals surface area (Å²) < 4.78 is 8.59. The fourth-order valence-corrected chi connectivity index (χ4v) is 7.21. The summed E-state index contributed by atoms with van der Waals surface area (Å²) in [5, 5.41) is 31.5. The summed E-state index contributed by atoms with van der Waals surface area (Å²) in [4.78, 5) is 43.0. The van der Waals surface area contributed by atoms with Gasteiger partial charge in [0.15, 0.2) is 0 Å². The van der Waals surface area contributed by atoms with Crippen LogP contribution in [0.25, 0.3) is 39.0 Å². The Bertz CT molecular complexity index is 2280. The molecule has 1 aliphatic heterocycles. The number of ether oxygens (including phenoxy) is 1. The Morgan fingerprint density at radius 2 is 1.74 bits per heavy atom. The summed E-state index contributed by atoms with van der Waals surface area (Å²) in [5.74, 6) is 0.515. The average molecular weight is 783 g/mol. The normalized spacial score (nSPS) is 14.5. The van der Waals surface area contributed by atoms with E-state index in [-0.39, 0.29) is 48.0 Å². The molecular weight excluding hydrogens is 745 g/mol. The van der Waals surface area contributed by atoms with E-state index in [0.29, 0.717) is 79.8 Å². The SMILES string of the molecule is COc1nc(-c2cccc(-c3cccc(-c4cc5c(=O)n(C)c(CNCC(C)(C)O)nn5c4)c3Cl)c2Cl)cc(Cl)c1CN(CC1CCC(=O)N1)C(=O)O. The van der Waals surface area contributed by atoms with Gasteiger partial charge in [0.2, 0.25) is 11.8 Å². The number of carbonyl (C=O) groups is 2. The number of nitrogens with one attached hydrogen (secondary N) is 2. The van der Waals surface area contributed by atoms with Crippen LogP contribution in [0.2, 0.25) is 15.1 Å². The minimum Gasteiger partial charge on any atom is -0.481 e. The van der Waals surface area contributed by atoms with Gasteiger partial charge in [0.25, 0.3) is 5.56 Å². The molecule has 0 radical (unpaired) electrons. The van der Waals surface area contributed by atoms with Gasteiger partial charge in [-0.1, -0.05) is 71.2 Å². The van der Waals surface area contributed by atoms with Crippen LogP contribution in [-0.2, 0) is 24.9 Å². The van der Waals surface area contributed by atoms with Crippen molar-refractivity contribution in [2.24, 2.45) is 7.05 Å². The quantitative estimate of drug-likeness (QED) is 0.119. The standard InChI is InChI=1S/C37H38Cl3N7O6/c1-37(2,52)19-41-15-30-44-47-16-20(13-29(47)35(49)45(30)3)22-7-5-8-23(32(22)39)24-9-6-10-25(33(24)40)28-14-27(38)26(34(43-28)53-4)18-46(36(50)51)17-21-11-12-31(48)42-21/h5-10,13-14,16,21,41,52H,11-12,15,17-19H2,1-4H3,(H,42,48)(H,50,51). The molecule has 0 saturated carbocycles. The summed E-state index contributed by atoms with van der Waals surface area (Å²) in [6.07, 6.45) is 1.46. The highest BCUT2D eigenvalue weighted by Gasteiger charge is 2.28. The van der Waals surface area contributed by atoms with E-state index in [1.54, 1.807) is 45.3 Å². The first-order valence-corrected chi connectivity index (χ1v) is 17.9. The molecule has 4 N–H and O–H groups in total.